The summed E-state index contributed by atoms with van der Waals surface area (Å²) in [5, 5.41) is 32.2. The summed E-state index contributed by atoms with van der Waals surface area (Å²) in [5.74, 6) is 0. The van der Waals surface area contributed by atoms with Gasteiger partial charge in [0.2, 0.25) is 0 Å². The number of halogens is 1. The summed E-state index contributed by atoms with van der Waals surface area (Å²) in [5.41, 5.74) is 0.565. The molecule has 0 unspecified atom stereocenters. The van der Waals surface area contributed by atoms with E-state index >= 15 is 0 Å². The van der Waals surface area contributed by atoms with Gasteiger partial charge >= 0.3 is 0 Å². The number of hydrogen-bond donors (Lipinski definition) is 5. The Morgan fingerprint density at radius 2 is 1.74 bits per heavy atom. The van der Waals surface area contributed by atoms with Gasteiger partial charge in [0.25, 0.3) is 0 Å². The van der Waals surface area contributed by atoms with Gasteiger partial charge in [-0.15, -0.1) is 0 Å². The van der Waals surface area contributed by atoms with E-state index in [1.54, 1.807) is 0 Å². The van der Waals surface area contributed by atoms with Crippen LogP contribution in [-0.2, 0) is 6.54 Å². The maximum absolute atomic E-state index is 9.24. The minimum absolute atomic E-state index is 0.315. The van der Waals surface area contributed by atoms with Crippen molar-refractivity contribution < 1.29 is 15.3 Å². The lowest BCUT2D eigenvalue weighted by atomic mass is 10.0. The van der Waals surface area contributed by atoms with E-state index in [9.17, 15) is 15.3 Å². The molecule has 2 rings (SSSR count). The molecular weight excluding hydrogens is 268 g/mol. The number of benzene rings is 1. The fourth-order valence-corrected chi connectivity index (χ4v) is 2.16. The number of rotatable bonds is 6. The van der Waals surface area contributed by atoms with Gasteiger partial charge < -0.3 is 20.3 Å². The summed E-state index contributed by atoms with van der Waals surface area (Å²) < 4.78 is 0. The Morgan fingerprint density at radius 1 is 1.11 bits per heavy atom. The van der Waals surface area contributed by atoms with Crippen molar-refractivity contribution in [1.82, 2.24) is 10.3 Å². The average molecular weight is 285 g/mol. The Kier molecular flexibility index (Phi) is 4.44. The van der Waals surface area contributed by atoms with Crippen LogP contribution in [0.5, 0.6) is 0 Å². The van der Waals surface area contributed by atoms with Gasteiger partial charge in [0, 0.05) is 23.1 Å². The number of aliphatic hydroxyl groups excluding tert-OH is 3. The monoisotopic (exact) mass is 284 g/mol. The van der Waals surface area contributed by atoms with Gasteiger partial charge in [-0.3, -0.25) is 5.32 Å². The summed E-state index contributed by atoms with van der Waals surface area (Å²) in [6.45, 7) is -0.775. The topological polar surface area (TPSA) is 88.5 Å². The molecule has 104 valence electrons. The van der Waals surface area contributed by atoms with Gasteiger partial charge in [0.1, 0.15) is 0 Å². The zero-order chi connectivity index (χ0) is 13.9. The average Bonchev–Trinajstić information content (AvgIpc) is 2.78. The summed E-state index contributed by atoms with van der Waals surface area (Å²) in [6, 6.07) is 7.64. The lowest BCUT2D eigenvalue weighted by Gasteiger charge is -2.28. The molecule has 0 saturated heterocycles. The van der Waals surface area contributed by atoms with Crippen molar-refractivity contribution >= 4 is 22.5 Å². The minimum atomic E-state index is -1.11. The largest absolute Gasteiger partial charge is 0.394 e. The predicted molar refractivity (Wildman–Crippen MR) is 74.1 cm³/mol. The summed E-state index contributed by atoms with van der Waals surface area (Å²) in [4.78, 5) is 3.17. The predicted octanol–water partition coefficient (Wildman–Crippen LogP) is 0.627. The fourth-order valence-electron chi connectivity index (χ4n) is 1.88. The SMILES string of the molecule is OCC(CO)(CO)NCc1[nH]c2ccccc2c1Cl. The van der Waals surface area contributed by atoms with Gasteiger partial charge in [0.15, 0.2) is 0 Å². The molecular formula is C13H17ClN2O3. The highest BCUT2D eigenvalue weighted by Crippen LogP contribution is 2.27. The smallest absolute Gasteiger partial charge is 0.0884 e. The summed E-state index contributed by atoms with van der Waals surface area (Å²) >= 11 is 6.26. The van der Waals surface area contributed by atoms with Crippen molar-refractivity contribution in [3.05, 3.63) is 35.0 Å². The zero-order valence-corrected chi connectivity index (χ0v) is 11.1. The molecule has 2 aromatic rings. The second kappa shape index (κ2) is 5.90. The second-order valence-corrected chi connectivity index (χ2v) is 4.95. The third kappa shape index (κ3) is 2.75. The van der Waals surface area contributed by atoms with E-state index in [1.165, 1.54) is 0 Å². The standard InChI is InChI=1S/C13H17ClN2O3/c14-12-9-3-1-2-4-10(9)16-11(12)5-15-13(6-17,7-18)8-19/h1-4,15-19H,5-8H2. The second-order valence-electron chi connectivity index (χ2n) is 4.57. The van der Waals surface area contributed by atoms with E-state index in [0.717, 1.165) is 16.6 Å². The normalized spacial score (nSPS) is 12.2. The van der Waals surface area contributed by atoms with Crippen molar-refractivity contribution in [2.24, 2.45) is 0 Å². The first-order valence-corrected chi connectivity index (χ1v) is 6.36. The summed E-state index contributed by atoms with van der Waals surface area (Å²) in [6.07, 6.45) is 0. The van der Waals surface area contributed by atoms with Crippen LogP contribution in [0.25, 0.3) is 10.9 Å². The van der Waals surface area contributed by atoms with E-state index in [2.05, 4.69) is 10.3 Å². The Morgan fingerprint density at radius 3 is 2.32 bits per heavy atom. The number of aliphatic hydroxyl groups is 3. The van der Waals surface area contributed by atoms with Crippen molar-refractivity contribution in [3.63, 3.8) is 0 Å². The van der Waals surface area contributed by atoms with Crippen molar-refractivity contribution in [2.75, 3.05) is 19.8 Å². The van der Waals surface area contributed by atoms with E-state index in [0.29, 0.717) is 11.6 Å². The maximum atomic E-state index is 9.24. The molecule has 0 bridgehead atoms. The Balaban J connectivity index is 2.20. The number of aromatic nitrogens is 1. The quantitative estimate of drug-likeness (QED) is 0.538. The van der Waals surface area contributed by atoms with Crippen molar-refractivity contribution in [1.29, 1.82) is 0 Å². The van der Waals surface area contributed by atoms with Crippen LogP contribution in [-0.4, -0.2) is 45.7 Å². The first-order chi connectivity index (χ1) is 9.15. The molecule has 0 aliphatic rings. The van der Waals surface area contributed by atoms with Crippen LogP contribution in [0.15, 0.2) is 24.3 Å². The number of nitrogens with one attached hydrogen (secondary N) is 2. The van der Waals surface area contributed by atoms with Crippen LogP contribution in [0.1, 0.15) is 5.69 Å². The lowest BCUT2D eigenvalue weighted by molar-refractivity contribution is 0.0412. The Hall–Kier alpha value is -1.11. The van der Waals surface area contributed by atoms with Gasteiger partial charge in [-0.25, -0.2) is 0 Å². The van der Waals surface area contributed by atoms with Gasteiger partial charge in [-0.2, -0.15) is 0 Å². The molecule has 19 heavy (non-hydrogen) atoms. The maximum Gasteiger partial charge on any atom is 0.0884 e. The van der Waals surface area contributed by atoms with Crippen LogP contribution in [0.3, 0.4) is 0 Å². The van der Waals surface area contributed by atoms with E-state index < -0.39 is 5.54 Å². The molecule has 0 amide bonds. The molecule has 5 nitrogen and oxygen atoms in total. The van der Waals surface area contributed by atoms with E-state index in [1.807, 2.05) is 24.3 Å². The molecule has 6 heteroatoms. The van der Waals surface area contributed by atoms with E-state index in [-0.39, 0.29) is 19.8 Å². The van der Waals surface area contributed by atoms with Crippen LogP contribution >= 0.6 is 11.6 Å². The molecule has 1 aromatic heterocycles. The zero-order valence-electron chi connectivity index (χ0n) is 10.4. The number of hydrogen-bond acceptors (Lipinski definition) is 4. The molecule has 0 aliphatic heterocycles. The Labute approximate surface area is 115 Å². The number of aromatic amines is 1. The number of para-hydroxylation sites is 1. The molecule has 1 heterocycles. The lowest BCUT2D eigenvalue weighted by Crippen LogP contribution is -2.54. The van der Waals surface area contributed by atoms with Gasteiger partial charge in [-0.1, -0.05) is 29.8 Å². The fraction of sp³-hybridized carbons (Fsp3) is 0.385. The highest BCUT2D eigenvalue weighted by atomic mass is 35.5. The molecule has 1 aromatic carbocycles. The Bertz CT molecular complexity index is 544. The summed E-state index contributed by atoms with van der Waals surface area (Å²) in [7, 11) is 0. The third-order valence-corrected chi connectivity index (χ3v) is 3.69. The van der Waals surface area contributed by atoms with Crippen molar-refractivity contribution in [2.45, 2.75) is 12.1 Å². The highest BCUT2D eigenvalue weighted by Gasteiger charge is 2.27. The van der Waals surface area contributed by atoms with Crippen molar-refractivity contribution in [3.8, 4) is 0 Å². The van der Waals surface area contributed by atoms with Gasteiger partial charge in [-0.05, 0) is 6.07 Å². The molecule has 5 N–H and O–H groups in total. The van der Waals surface area contributed by atoms with Crippen LogP contribution in [0.2, 0.25) is 5.02 Å². The van der Waals surface area contributed by atoms with Crippen LogP contribution in [0.4, 0.5) is 0 Å². The van der Waals surface area contributed by atoms with E-state index in [4.69, 9.17) is 11.6 Å². The molecule has 0 aliphatic carbocycles. The first kappa shape index (κ1) is 14.3. The number of H-pyrrole nitrogens is 1. The minimum Gasteiger partial charge on any atom is -0.394 e. The first-order valence-electron chi connectivity index (χ1n) is 5.98. The molecule has 0 fully saturated rings. The molecule has 0 radical (unpaired) electrons. The molecule has 0 saturated carbocycles. The third-order valence-electron chi connectivity index (χ3n) is 3.26. The number of fused-ring (bicyclic) bond motifs is 1. The van der Waals surface area contributed by atoms with Gasteiger partial charge in [0.05, 0.1) is 30.4 Å². The van der Waals surface area contributed by atoms with Crippen LogP contribution in [0, 0.1) is 0 Å². The molecule has 0 spiro atoms. The van der Waals surface area contributed by atoms with Crippen LogP contribution < -0.4 is 5.32 Å². The molecule has 0 atom stereocenters. The highest BCUT2D eigenvalue weighted by molar-refractivity contribution is 6.36.